The highest BCUT2D eigenvalue weighted by molar-refractivity contribution is 6.30. The van der Waals surface area contributed by atoms with Gasteiger partial charge in [-0.05, 0) is 37.0 Å². The van der Waals surface area contributed by atoms with Gasteiger partial charge in [-0.2, -0.15) is 0 Å². The zero-order valence-corrected chi connectivity index (χ0v) is 13.9. The van der Waals surface area contributed by atoms with E-state index in [-0.39, 0.29) is 5.91 Å². The number of benzene rings is 1. The van der Waals surface area contributed by atoms with Gasteiger partial charge in [0.25, 0.3) is 0 Å². The Morgan fingerprint density at radius 3 is 2.65 bits per heavy atom. The molecule has 5 nitrogen and oxygen atoms in total. The van der Waals surface area contributed by atoms with Crippen molar-refractivity contribution in [2.24, 2.45) is 0 Å². The largest absolute Gasteiger partial charge is 0.480 e. The number of carboxylic acids is 1. The molecular formula is C17H22ClNO4. The fraction of sp³-hybridized carbons (Fsp3) is 0.529. The van der Waals surface area contributed by atoms with Crippen molar-refractivity contribution in [3.05, 3.63) is 34.9 Å². The van der Waals surface area contributed by atoms with Crippen LogP contribution in [0.2, 0.25) is 5.02 Å². The lowest BCUT2D eigenvalue weighted by atomic mass is 9.73. The Morgan fingerprint density at radius 1 is 1.39 bits per heavy atom. The lowest BCUT2D eigenvalue weighted by Crippen LogP contribution is -2.52. The van der Waals surface area contributed by atoms with Crippen molar-refractivity contribution in [1.82, 2.24) is 5.32 Å². The molecule has 1 aromatic rings. The fourth-order valence-corrected chi connectivity index (χ4v) is 3.19. The summed E-state index contributed by atoms with van der Waals surface area (Å²) in [6.07, 6.45) is 2.11. The minimum Gasteiger partial charge on any atom is -0.480 e. The van der Waals surface area contributed by atoms with Crippen LogP contribution >= 0.6 is 11.6 Å². The van der Waals surface area contributed by atoms with E-state index in [1.54, 1.807) is 12.1 Å². The molecule has 0 spiro atoms. The Balaban J connectivity index is 2.30. The maximum Gasteiger partial charge on any atom is 0.326 e. The summed E-state index contributed by atoms with van der Waals surface area (Å²) in [5.41, 5.74) is 0.0244. The van der Waals surface area contributed by atoms with Gasteiger partial charge in [0.2, 0.25) is 5.91 Å². The molecule has 1 atom stereocenters. The predicted octanol–water partition coefficient (Wildman–Crippen LogP) is 2.76. The summed E-state index contributed by atoms with van der Waals surface area (Å²) in [7, 11) is 0. The van der Waals surface area contributed by atoms with E-state index in [0.717, 1.165) is 5.56 Å². The number of aliphatic carboxylic acids is 1. The molecule has 1 aliphatic heterocycles. The second-order valence-corrected chi connectivity index (χ2v) is 6.29. The standard InChI is InChI=1S/C17H22ClNO4/c1-2-4-14(15(20)21)19-16(22)17(7-9-23-10-8-17)12-5-3-6-13(18)11-12/h3,5-6,11,14H,2,4,7-10H2,1H3,(H,19,22)(H,20,21)/t14-/m0/s1. The van der Waals surface area contributed by atoms with Crippen LogP contribution in [0.5, 0.6) is 0 Å². The minimum absolute atomic E-state index is 0.260. The molecule has 2 rings (SSSR count). The summed E-state index contributed by atoms with van der Waals surface area (Å²) in [5, 5.41) is 12.6. The number of nitrogens with one attached hydrogen (secondary N) is 1. The van der Waals surface area contributed by atoms with Crippen LogP contribution in [0.25, 0.3) is 0 Å². The van der Waals surface area contributed by atoms with Crippen LogP contribution in [0.4, 0.5) is 0 Å². The van der Waals surface area contributed by atoms with Crippen molar-refractivity contribution in [3.63, 3.8) is 0 Å². The molecule has 1 heterocycles. The summed E-state index contributed by atoms with van der Waals surface area (Å²) in [5.74, 6) is -1.27. The van der Waals surface area contributed by atoms with Crippen LogP contribution in [0, 0.1) is 0 Å². The summed E-state index contributed by atoms with van der Waals surface area (Å²) < 4.78 is 5.40. The number of carbonyl (C=O) groups is 2. The Bertz CT molecular complexity index is 569. The van der Waals surface area contributed by atoms with Crippen molar-refractivity contribution in [1.29, 1.82) is 0 Å². The van der Waals surface area contributed by atoms with Crippen LogP contribution in [0.1, 0.15) is 38.2 Å². The average Bonchev–Trinajstić information content (AvgIpc) is 2.54. The second kappa shape index (κ2) is 7.79. The summed E-state index contributed by atoms with van der Waals surface area (Å²) >= 11 is 6.08. The van der Waals surface area contributed by atoms with Crippen molar-refractivity contribution < 1.29 is 19.4 Å². The van der Waals surface area contributed by atoms with Crippen molar-refractivity contribution >= 4 is 23.5 Å². The Kier molecular flexibility index (Phi) is 6.02. The SMILES string of the molecule is CCC[C@H](NC(=O)C1(c2cccc(Cl)c2)CCOCC1)C(=O)O. The number of ether oxygens (including phenoxy) is 1. The third kappa shape index (κ3) is 4.03. The summed E-state index contributed by atoms with van der Waals surface area (Å²) in [4.78, 5) is 24.3. The zero-order chi connectivity index (χ0) is 16.9. The molecule has 0 bridgehead atoms. The van der Waals surface area contributed by atoms with Gasteiger partial charge >= 0.3 is 5.97 Å². The smallest absolute Gasteiger partial charge is 0.326 e. The Morgan fingerprint density at radius 2 is 2.09 bits per heavy atom. The molecule has 23 heavy (non-hydrogen) atoms. The van der Waals surface area contributed by atoms with E-state index >= 15 is 0 Å². The molecule has 1 aromatic carbocycles. The molecule has 1 saturated heterocycles. The number of rotatable bonds is 6. The second-order valence-electron chi connectivity index (χ2n) is 5.86. The quantitative estimate of drug-likeness (QED) is 0.835. The highest BCUT2D eigenvalue weighted by Gasteiger charge is 2.43. The van der Waals surface area contributed by atoms with Crippen molar-refractivity contribution in [3.8, 4) is 0 Å². The normalized spacial score (nSPS) is 18.2. The van der Waals surface area contributed by atoms with E-state index in [4.69, 9.17) is 16.3 Å². The van der Waals surface area contributed by atoms with Crippen LogP contribution in [0.15, 0.2) is 24.3 Å². The van der Waals surface area contributed by atoms with Gasteiger partial charge < -0.3 is 15.2 Å². The molecule has 6 heteroatoms. The molecule has 1 aliphatic rings. The van der Waals surface area contributed by atoms with Crippen LogP contribution in [0.3, 0.4) is 0 Å². The van der Waals surface area contributed by atoms with E-state index in [9.17, 15) is 14.7 Å². The number of halogens is 1. The highest BCUT2D eigenvalue weighted by atomic mass is 35.5. The molecule has 0 aliphatic carbocycles. The molecule has 0 saturated carbocycles. The lowest BCUT2D eigenvalue weighted by Gasteiger charge is -2.37. The number of carboxylic acid groups (broad SMARTS) is 1. The van der Waals surface area contributed by atoms with E-state index in [1.165, 1.54) is 0 Å². The van der Waals surface area contributed by atoms with Crippen LogP contribution in [-0.4, -0.2) is 36.2 Å². The first kappa shape index (κ1) is 17.8. The van der Waals surface area contributed by atoms with Gasteiger partial charge in [-0.25, -0.2) is 4.79 Å². The molecule has 1 fully saturated rings. The van der Waals surface area contributed by atoms with E-state index in [2.05, 4.69) is 5.32 Å². The summed E-state index contributed by atoms with van der Waals surface area (Å²) in [6.45, 7) is 2.82. The molecule has 1 amide bonds. The van der Waals surface area contributed by atoms with Gasteiger partial charge in [0.15, 0.2) is 0 Å². The average molecular weight is 340 g/mol. The first-order valence-corrected chi connectivity index (χ1v) is 8.25. The zero-order valence-electron chi connectivity index (χ0n) is 13.2. The van der Waals surface area contributed by atoms with Crippen LogP contribution < -0.4 is 5.32 Å². The van der Waals surface area contributed by atoms with Crippen molar-refractivity contribution in [2.75, 3.05) is 13.2 Å². The van der Waals surface area contributed by atoms with Gasteiger partial charge in [-0.3, -0.25) is 4.79 Å². The summed E-state index contributed by atoms with van der Waals surface area (Å²) in [6, 6.07) is 6.34. The fourth-order valence-electron chi connectivity index (χ4n) is 3.00. The monoisotopic (exact) mass is 339 g/mol. The molecule has 2 N–H and O–H groups in total. The van der Waals surface area contributed by atoms with E-state index in [1.807, 2.05) is 19.1 Å². The topological polar surface area (TPSA) is 75.6 Å². The molecule has 126 valence electrons. The highest BCUT2D eigenvalue weighted by Crippen LogP contribution is 2.36. The van der Waals surface area contributed by atoms with Crippen molar-refractivity contribution in [2.45, 2.75) is 44.1 Å². The van der Waals surface area contributed by atoms with Gasteiger partial charge in [0.05, 0.1) is 5.41 Å². The van der Waals surface area contributed by atoms with E-state index < -0.39 is 17.4 Å². The van der Waals surface area contributed by atoms with Gasteiger partial charge in [-0.15, -0.1) is 0 Å². The van der Waals surface area contributed by atoms with E-state index in [0.29, 0.717) is 43.9 Å². The van der Waals surface area contributed by atoms with Gasteiger partial charge in [-0.1, -0.05) is 37.1 Å². The Labute approximate surface area is 141 Å². The van der Waals surface area contributed by atoms with Crippen LogP contribution in [-0.2, 0) is 19.7 Å². The Hall–Kier alpha value is -1.59. The first-order valence-electron chi connectivity index (χ1n) is 7.87. The molecule has 0 radical (unpaired) electrons. The van der Waals surface area contributed by atoms with Gasteiger partial charge in [0, 0.05) is 18.2 Å². The minimum atomic E-state index is -1.01. The maximum atomic E-state index is 12.9. The predicted molar refractivity (Wildman–Crippen MR) is 87.7 cm³/mol. The number of carbonyl (C=O) groups excluding carboxylic acids is 1. The molecular weight excluding hydrogens is 318 g/mol. The third-order valence-corrected chi connectivity index (χ3v) is 4.57. The number of hydrogen-bond donors (Lipinski definition) is 2. The maximum absolute atomic E-state index is 12.9. The lowest BCUT2D eigenvalue weighted by molar-refractivity contribution is -0.144. The number of amides is 1. The first-order chi connectivity index (χ1) is 11.0. The number of hydrogen-bond acceptors (Lipinski definition) is 3. The third-order valence-electron chi connectivity index (χ3n) is 4.34. The molecule has 0 unspecified atom stereocenters. The molecule has 0 aromatic heterocycles. The van der Waals surface area contributed by atoms with Gasteiger partial charge in [0.1, 0.15) is 6.04 Å².